The fraction of sp³-hybridized carbons (Fsp3) is 0.545. The van der Waals surface area contributed by atoms with Gasteiger partial charge in [0.2, 0.25) is 11.8 Å². The third kappa shape index (κ3) is 6.78. The molecule has 220 valence electrons. The zero-order valence-electron chi connectivity index (χ0n) is 24.0. The van der Waals surface area contributed by atoms with Crippen molar-refractivity contribution < 1.29 is 19.1 Å². The van der Waals surface area contributed by atoms with Crippen LogP contribution in [-0.4, -0.2) is 54.5 Å². The van der Waals surface area contributed by atoms with E-state index in [-0.39, 0.29) is 17.8 Å². The molecule has 41 heavy (non-hydrogen) atoms. The van der Waals surface area contributed by atoms with Gasteiger partial charge in [-0.15, -0.1) is 0 Å². The Morgan fingerprint density at radius 2 is 1.71 bits per heavy atom. The summed E-state index contributed by atoms with van der Waals surface area (Å²) in [5.41, 5.74) is 2.75. The standard InChI is InChI=1S/C33H42ClN3O4/c1-2-41-32(40)33(26-10-4-3-5-11-26)16-18-37(19-17-33)31(39)29(20-23-12-14-27(34)15-13-23)36-30(38)28-21-24-8-6-7-9-25(24)22-35-28/h6-9,12-15,26,28-29,35H,2-5,10-11,16-22H2,1H3,(H,36,38)/t28-,29-/m1/s1. The number of amides is 2. The highest BCUT2D eigenvalue weighted by atomic mass is 35.5. The average molecular weight is 580 g/mol. The number of nitrogens with one attached hydrogen (secondary N) is 2. The number of fused-ring (bicyclic) bond motifs is 1. The first kappa shape index (κ1) is 29.6. The van der Waals surface area contributed by atoms with Crippen molar-refractivity contribution in [3.63, 3.8) is 0 Å². The second kappa shape index (κ2) is 13.4. The van der Waals surface area contributed by atoms with Crippen LogP contribution < -0.4 is 10.6 Å². The highest BCUT2D eigenvalue weighted by molar-refractivity contribution is 6.30. The van der Waals surface area contributed by atoms with E-state index in [2.05, 4.69) is 22.8 Å². The molecule has 1 aliphatic carbocycles. The maximum atomic E-state index is 14.0. The van der Waals surface area contributed by atoms with Crippen molar-refractivity contribution in [3.8, 4) is 0 Å². The predicted octanol–water partition coefficient (Wildman–Crippen LogP) is 4.83. The molecule has 2 fully saturated rings. The monoisotopic (exact) mass is 579 g/mol. The van der Waals surface area contributed by atoms with Crippen LogP contribution >= 0.6 is 11.6 Å². The first-order valence-corrected chi connectivity index (χ1v) is 15.6. The lowest BCUT2D eigenvalue weighted by atomic mass is 9.63. The van der Waals surface area contributed by atoms with Crippen molar-refractivity contribution in [1.29, 1.82) is 0 Å². The molecule has 0 unspecified atom stereocenters. The van der Waals surface area contributed by atoms with Crippen molar-refractivity contribution in [3.05, 3.63) is 70.2 Å². The number of carbonyl (C=O) groups excluding carboxylic acids is 3. The number of carbonyl (C=O) groups is 3. The highest BCUT2D eigenvalue weighted by Gasteiger charge is 2.49. The van der Waals surface area contributed by atoms with Gasteiger partial charge in [0.05, 0.1) is 18.1 Å². The molecule has 0 spiro atoms. The third-order valence-corrected chi connectivity index (χ3v) is 9.65. The van der Waals surface area contributed by atoms with Crippen molar-refractivity contribution in [2.75, 3.05) is 19.7 Å². The van der Waals surface area contributed by atoms with Crippen LogP contribution in [0.2, 0.25) is 5.02 Å². The number of rotatable bonds is 8. The van der Waals surface area contributed by atoms with Crippen molar-refractivity contribution in [1.82, 2.24) is 15.5 Å². The highest BCUT2D eigenvalue weighted by Crippen LogP contribution is 2.47. The predicted molar refractivity (Wildman–Crippen MR) is 159 cm³/mol. The molecule has 2 amide bonds. The Hall–Kier alpha value is -2.90. The lowest BCUT2D eigenvalue weighted by Crippen LogP contribution is -2.58. The number of benzene rings is 2. The molecule has 2 aromatic carbocycles. The van der Waals surface area contributed by atoms with Gasteiger partial charge in [0.1, 0.15) is 6.04 Å². The Labute approximate surface area is 248 Å². The minimum absolute atomic E-state index is 0.103. The molecule has 8 heteroatoms. The van der Waals surface area contributed by atoms with Gasteiger partial charge in [-0.3, -0.25) is 14.4 Å². The van der Waals surface area contributed by atoms with Gasteiger partial charge in [0.25, 0.3) is 0 Å². The molecule has 1 saturated carbocycles. The van der Waals surface area contributed by atoms with Crippen LogP contribution in [0.1, 0.15) is 68.6 Å². The fourth-order valence-corrected chi connectivity index (χ4v) is 7.15. The molecule has 5 rings (SSSR count). The van der Waals surface area contributed by atoms with Crippen LogP contribution in [0, 0.1) is 11.3 Å². The SMILES string of the molecule is CCOC(=O)C1(C2CCCCC2)CCN(C(=O)[C@@H](Cc2ccc(Cl)cc2)NC(=O)[C@H]2Cc3ccccc3CN2)CC1. The third-order valence-electron chi connectivity index (χ3n) is 9.40. The zero-order chi connectivity index (χ0) is 28.8. The Morgan fingerprint density at radius 3 is 2.39 bits per heavy atom. The summed E-state index contributed by atoms with van der Waals surface area (Å²) >= 11 is 6.11. The molecule has 2 atom stereocenters. The largest absolute Gasteiger partial charge is 0.466 e. The molecular formula is C33H42ClN3O4. The number of hydrogen-bond acceptors (Lipinski definition) is 5. The molecule has 0 aromatic heterocycles. The second-order valence-electron chi connectivity index (χ2n) is 11.8. The van der Waals surface area contributed by atoms with Crippen LogP contribution in [0.15, 0.2) is 48.5 Å². The molecule has 2 heterocycles. The summed E-state index contributed by atoms with van der Waals surface area (Å²) in [4.78, 5) is 42.7. The summed E-state index contributed by atoms with van der Waals surface area (Å²) in [5.74, 6) is -0.0800. The van der Waals surface area contributed by atoms with Gasteiger partial charge in [-0.1, -0.05) is 67.3 Å². The number of likely N-dealkylation sites (tertiary alicyclic amines) is 1. The number of hydrogen-bond donors (Lipinski definition) is 2. The Bertz CT molecular complexity index is 1220. The number of esters is 1. The summed E-state index contributed by atoms with van der Waals surface area (Å²) in [5, 5.41) is 7.05. The number of nitrogens with zero attached hydrogens (tertiary/aromatic N) is 1. The normalized spacial score (nSPS) is 21.4. The summed E-state index contributed by atoms with van der Waals surface area (Å²) < 4.78 is 5.60. The van der Waals surface area contributed by atoms with Gasteiger partial charge in [0.15, 0.2) is 0 Å². The second-order valence-corrected chi connectivity index (χ2v) is 12.3. The number of ether oxygens (including phenoxy) is 1. The van der Waals surface area contributed by atoms with Gasteiger partial charge >= 0.3 is 5.97 Å². The summed E-state index contributed by atoms with van der Waals surface area (Å²) in [6, 6.07) is 14.4. The zero-order valence-corrected chi connectivity index (χ0v) is 24.8. The molecule has 2 N–H and O–H groups in total. The average Bonchev–Trinajstić information content (AvgIpc) is 3.01. The number of piperidine rings is 1. The molecule has 2 aromatic rings. The summed E-state index contributed by atoms with van der Waals surface area (Å²) in [6.07, 6.45) is 7.74. The van der Waals surface area contributed by atoms with E-state index in [1.165, 1.54) is 12.0 Å². The van der Waals surface area contributed by atoms with Gasteiger partial charge in [-0.05, 0) is 73.8 Å². The molecule has 3 aliphatic rings. The molecule has 0 radical (unpaired) electrons. The molecular weight excluding hydrogens is 538 g/mol. The van der Waals surface area contributed by atoms with Crippen molar-refractivity contribution in [2.45, 2.75) is 83.3 Å². The van der Waals surface area contributed by atoms with E-state index in [1.807, 2.05) is 36.1 Å². The maximum absolute atomic E-state index is 14.0. The fourth-order valence-electron chi connectivity index (χ4n) is 7.02. The van der Waals surface area contributed by atoms with Crippen LogP contribution in [0.25, 0.3) is 0 Å². The van der Waals surface area contributed by atoms with E-state index in [4.69, 9.17) is 16.3 Å². The Balaban J connectivity index is 1.30. The van der Waals surface area contributed by atoms with Gasteiger partial charge in [-0.2, -0.15) is 0 Å². The molecule has 2 aliphatic heterocycles. The van der Waals surface area contributed by atoms with E-state index in [1.54, 1.807) is 12.1 Å². The van der Waals surface area contributed by atoms with Crippen LogP contribution in [0.3, 0.4) is 0 Å². The van der Waals surface area contributed by atoms with Gasteiger partial charge < -0.3 is 20.3 Å². The van der Waals surface area contributed by atoms with E-state index in [0.717, 1.165) is 36.8 Å². The van der Waals surface area contributed by atoms with E-state index >= 15 is 0 Å². The summed E-state index contributed by atoms with van der Waals surface area (Å²) in [6.45, 7) is 3.80. The Morgan fingerprint density at radius 1 is 1.02 bits per heavy atom. The van der Waals surface area contributed by atoms with Crippen LogP contribution in [-0.2, 0) is 38.5 Å². The van der Waals surface area contributed by atoms with E-state index in [0.29, 0.717) is 62.9 Å². The van der Waals surface area contributed by atoms with Gasteiger partial charge in [0, 0.05) is 31.1 Å². The lowest BCUT2D eigenvalue weighted by molar-refractivity contribution is -0.166. The minimum atomic E-state index is -0.715. The topological polar surface area (TPSA) is 87.7 Å². The van der Waals surface area contributed by atoms with Crippen LogP contribution in [0.4, 0.5) is 0 Å². The van der Waals surface area contributed by atoms with E-state index in [9.17, 15) is 14.4 Å². The van der Waals surface area contributed by atoms with Gasteiger partial charge in [-0.25, -0.2) is 0 Å². The number of halogens is 1. The van der Waals surface area contributed by atoms with Crippen molar-refractivity contribution >= 4 is 29.4 Å². The first-order chi connectivity index (χ1) is 19.9. The Kier molecular flexibility index (Phi) is 9.66. The molecule has 1 saturated heterocycles. The molecule has 0 bridgehead atoms. The summed E-state index contributed by atoms with van der Waals surface area (Å²) in [7, 11) is 0. The molecule has 7 nitrogen and oxygen atoms in total. The maximum Gasteiger partial charge on any atom is 0.312 e. The lowest BCUT2D eigenvalue weighted by Gasteiger charge is -2.46. The van der Waals surface area contributed by atoms with Crippen LogP contribution in [0.5, 0.6) is 0 Å². The van der Waals surface area contributed by atoms with E-state index < -0.39 is 17.5 Å². The quantitative estimate of drug-likeness (QED) is 0.437. The minimum Gasteiger partial charge on any atom is -0.466 e. The smallest absolute Gasteiger partial charge is 0.312 e. The first-order valence-electron chi connectivity index (χ1n) is 15.2. The van der Waals surface area contributed by atoms with Crippen molar-refractivity contribution in [2.24, 2.45) is 11.3 Å².